The smallest absolute Gasteiger partial charge is 0.239 e. The SMILES string of the molecule is CC(Sc1nnc(-c2ccccc2F)n1Cc1ccccc1)c1nc(C(C)(C)C)no1. The second kappa shape index (κ2) is 8.63. The minimum absolute atomic E-state index is 0.143. The highest BCUT2D eigenvalue weighted by atomic mass is 32.2. The van der Waals surface area contributed by atoms with E-state index in [1.165, 1.54) is 17.8 Å². The molecule has 8 heteroatoms. The molecule has 0 bridgehead atoms. The zero-order valence-corrected chi connectivity index (χ0v) is 18.7. The lowest BCUT2D eigenvalue weighted by Crippen LogP contribution is -2.13. The van der Waals surface area contributed by atoms with Crippen molar-refractivity contribution in [3.05, 3.63) is 77.7 Å². The summed E-state index contributed by atoms with van der Waals surface area (Å²) in [5, 5.41) is 13.3. The zero-order valence-electron chi connectivity index (χ0n) is 17.9. The predicted octanol–water partition coefficient (Wildman–Crippen LogP) is 5.67. The number of aromatic nitrogens is 5. The minimum Gasteiger partial charge on any atom is -0.338 e. The maximum atomic E-state index is 14.5. The Hall–Kier alpha value is -3.00. The van der Waals surface area contributed by atoms with Crippen LogP contribution < -0.4 is 0 Å². The molecule has 2 heterocycles. The van der Waals surface area contributed by atoms with E-state index in [4.69, 9.17) is 4.52 Å². The summed E-state index contributed by atoms with van der Waals surface area (Å²) in [4.78, 5) is 4.55. The monoisotopic (exact) mass is 437 g/mol. The number of hydrogen-bond acceptors (Lipinski definition) is 6. The highest BCUT2D eigenvalue weighted by Crippen LogP contribution is 2.36. The van der Waals surface area contributed by atoms with Crippen LogP contribution in [0.1, 0.15) is 50.2 Å². The summed E-state index contributed by atoms with van der Waals surface area (Å²) >= 11 is 1.46. The first-order chi connectivity index (χ1) is 14.8. The van der Waals surface area contributed by atoms with Gasteiger partial charge in [-0.15, -0.1) is 10.2 Å². The Balaban J connectivity index is 1.68. The van der Waals surface area contributed by atoms with Gasteiger partial charge in [-0.2, -0.15) is 4.98 Å². The maximum Gasteiger partial charge on any atom is 0.239 e. The molecule has 0 amide bonds. The fourth-order valence-electron chi connectivity index (χ4n) is 3.04. The molecule has 2 aromatic heterocycles. The quantitative estimate of drug-likeness (QED) is 0.362. The third kappa shape index (κ3) is 4.69. The third-order valence-corrected chi connectivity index (χ3v) is 5.83. The predicted molar refractivity (Wildman–Crippen MR) is 118 cm³/mol. The van der Waals surface area contributed by atoms with Gasteiger partial charge in [-0.3, -0.25) is 4.57 Å². The summed E-state index contributed by atoms with van der Waals surface area (Å²) < 4.78 is 21.9. The lowest BCUT2D eigenvalue weighted by atomic mass is 9.96. The van der Waals surface area contributed by atoms with Crippen LogP contribution in [0.2, 0.25) is 0 Å². The van der Waals surface area contributed by atoms with E-state index in [1.807, 2.05) is 62.6 Å². The Kier molecular flexibility index (Phi) is 5.91. The van der Waals surface area contributed by atoms with E-state index in [2.05, 4.69) is 20.3 Å². The molecule has 31 heavy (non-hydrogen) atoms. The molecule has 4 rings (SSSR count). The van der Waals surface area contributed by atoms with Gasteiger partial charge in [0, 0.05) is 5.41 Å². The van der Waals surface area contributed by atoms with E-state index in [-0.39, 0.29) is 16.5 Å². The first kappa shape index (κ1) is 21.2. The molecule has 0 aliphatic heterocycles. The second-order valence-corrected chi connectivity index (χ2v) is 9.63. The Morgan fingerprint density at radius 3 is 2.42 bits per heavy atom. The zero-order chi connectivity index (χ0) is 22.0. The molecule has 0 fully saturated rings. The molecule has 0 spiro atoms. The number of nitrogens with zero attached hydrogens (tertiary/aromatic N) is 5. The lowest BCUT2D eigenvalue weighted by molar-refractivity contribution is 0.364. The van der Waals surface area contributed by atoms with Crippen molar-refractivity contribution in [2.45, 2.75) is 50.1 Å². The van der Waals surface area contributed by atoms with Gasteiger partial charge in [-0.05, 0) is 24.6 Å². The normalized spacial score (nSPS) is 12.8. The minimum atomic E-state index is -0.333. The molecule has 2 aromatic carbocycles. The summed E-state index contributed by atoms with van der Waals surface area (Å²) in [6, 6.07) is 16.6. The standard InChI is InChI=1S/C23H24FN5OS/c1-15(20-25-21(28-30-20)23(2,3)4)31-22-27-26-19(17-12-8-9-13-18(17)24)29(22)14-16-10-6-5-7-11-16/h5-13,15H,14H2,1-4H3. The van der Waals surface area contributed by atoms with Crippen molar-refractivity contribution in [3.8, 4) is 11.4 Å². The molecule has 0 saturated heterocycles. The lowest BCUT2D eigenvalue weighted by Gasteiger charge is -2.13. The summed E-state index contributed by atoms with van der Waals surface area (Å²) in [7, 11) is 0. The van der Waals surface area contributed by atoms with Crippen LogP contribution in [0.25, 0.3) is 11.4 Å². The average Bonchev–Trinajstić information content (AvgIpc) is 3.38. The number of halogens is 1. The average molecular weight is 438 g/mol. The van der Waals surface area contributed by atoms with Crippen LogP contribution in [-0.2, 0) is 12.0 Å². The third-order valence-electron chi connectivity index (χ3n) is 4.76. The fourth-order valence-corrected chi connectivity index (χ4v) is 3.92. The molecule has 1 unspecified atom stereocenters. The molecular formula is C23H24FN5OS. The first-order valence-electron chi connectivity index (χ1n) is 10.1. The molecule has 0 aliphatic rings. The van der Waals surface area contributed by atoms with E-state index in [9.17, 15) is 4.39 Å². The van der Waals surface area contributed by atoms with Gasteiger partial charge >= 0.3 is 0 Å². The van der Waals surface area contributed by atoms with E-state index in [0.717, 1.165) is 5.56 Å². The molecule has 0 N–H and O–H groups in total. The van der Waals surface area contributed by atoms with E-state index < -0.39 is 0 Å². The largest absolute Gasteiger partial charge is 0.338 e. The van der Waals surface area contributed by atoms with Gasteiger partial charge in [0.05, 0.1) is 17.4 Å². The Bertz CT molecular complexity index is 1170. The molecule has 1 atom stereocenters. The van der Waals surface area contributed by atoms with Gasteiger partial charge in [0.1, 0.15) is 5.82 Å². The van der Waals surface area contributed by atoms with Crippen molar-refractivity contribution in [3.63, 3.8) is 0 Å². The Morgan fingerprint density at radius 1 is 1.03 bits per heavy atom. The van der Waals surface area contributed by atoms with Crippen molar-refractivity contribution in [1.29, 1.82) is 0 Å². The summed E-state index contributed by atoms with van der Waals surface area (Å²) in [6.45, 7) is 8.61. The topological polar surface area (TPSA) is 69.6 Å². The summed E-state index contributed by atoms with van der Waals surface area (Å²) in [5.74, 6) is 1.34. The van der Waals surface area contributed by atoms with Crippen molar-refractivity contribution in [1.82, 2.24) is 24.9 Å². The first-order valence-corrected chi connectivity index (χ1v) is 10.9. The molecule has 6 nitrogen and oxygen atoms in total. The van der Waals surface area contributed by atoms with Crippen LogP contribution in [0, 0.1) is 5.82 Å². The Labute approximate surface area is 184 Å². The van der Waals surface area contributed by atoms with Gasteiger partial charge in [0.15, 0.2) is 16.8 Å². The van der Waals surface area contributed by atoms with E-state index in [0.29, 0.717) is 34.8 Å². The summed E-state index contributed by atoms with van der Waals surface area (Å²) in [6.07, 6.45) is 0. The van der Waals surface area contributed by atoms with Crippen LogP contribution >= 0.6 is 11.8 Å². The van der Waals surface area contributed by atoms with Gasteiger partial charge < -0.3 is 4.52 Å². The van der Waals surface area contributed by atoms with Crippen molar-refractivity contribution < 1.29 is 8.91 Å². The molecule has 0 saturated carbocycles. The molecular weight excluding hydrogens is 413 g/mol. The van der Waals surface area contributed by atoms with Crippen LogP contribution in [0.4, 0.5) is 4.39 Å². The van der Waals surface area contributed by atoms with Gasteiger partial charge in [0.25, 0.3) is 0 Å². The van der Waals surface area contributed by atoms with Crippen molar-refractivity contribution in [2.24, 2.45) is 0 Å². The van der Waals surface area contributed by atoms with Crippen molar-refractivity contribution >= 4 is 11.8 Å². The molecule has 0 aliphatic carbocycles. The van der Waals surface area contributed by atoms with Gasteiger partial charge in [0.2, 0.25) is 5.89 Å². The second-order valence-electron chi connectivity index (χ2n) is 8.32. The Morgan fingerprint density at radius 2 is 1.74 bits per heavy atom. The molecule has 0 radical (unpaired) electrons. The van der Waals surface area contributed by atoms with E-state index >= 15 is 0 Å². The van der Waals surface area contributed by atoms with Crippen molar-refractivity contribution in [2.75, 3.05) is 0 Å². The van der Waals surface area contributed by atoms with Crippen LogP contribution in [0.5, 0.6) is 0 Å². The number of benzene rings is 2. The highest BCUT2D eigenvalue weighted by molar-refractivity contribution is 7.99. The molecule has 160 valence electrons. The van der Waals surface area contributed by atoms with Gasteiger partial charge in [-0.25, -0.2) is 4.39 Å². The van der Waals surface area contributed by atoms with Crippen LogP contribution in [0.3, 0.4) is 0 Å². The van der Waals surface area contributed by atoms with Crippen LogP contribution in [-0.4, -0.2) is 24.9 Å². The number of hydrogen-bond donors (Lipinski definition) is 0. The van der Waals surface area contributed by atoms with E-state index in [1.54, 1.807) is 18.2 Å². The highest BCUT2D eigenvalue weighted by Gasteiger charge is 2.26. The summed E-state index contributed by atoms with van der Waals surface area (Å²) in [5.41, 5.74) is 1.29. The number of thioether (sulfide) groups is 1. The fraction of sp³-hybridized carbons (Fsp3) is 0.304. The number of rotatable bonds is 6. The molecule has 4 aromatic rings. The van der Waals surface area contributed by atoms with Gasteiger partial charge in [-0.1, -0.05) is 80.2 Å². The maximum absolute atomic E-state index is 14.5. The van der Waals surface area contributed by atoms with Crippen LogP contribution in [0.15, 0.2) is 64.3 Å².